The van der Waals surface area contributed by atoms with Crippen molar-refractivity contribution in [1.82, 2.24) is 0 Å². The van der Waals surface area contributed by atoms with Crippen LogP contribution in [-0.4, -0.2) is 44.1 Å². The number of fused-ring (bicyclic) bond motifs is 1. The maximum Gasteiger partial charge on any atom is 0.190 e. The molecule has 0 heterocycles. The van der Waals surface area contributed by atoms with Gasteiger partial charge in [-0.1, -0.05) is 37.3 Å². The number of carbonyl (C=O) groups excluding carboxylic acids is 2. The molecule has 1 N–H and O–H groups in total. The molecule has 1 aromatic rings. The van der Waals surface area contributed by atoms with E-state index in [0.29, 0.717) is 30.1 Å². The van der Waals surface area contributed by atoms with Crippen molar-refractivity contribution in [1.29, 1.82) is 0 Å². The second-order valence-corrected chi connectivity index (χ2v) is 8.23. The number of ether oxygens (including phenoxy) is 3. The largest absolute Gasteiger partial charge is 0.496 e. The van der Waals surface area contributed by atoms with E-state index in [1.54, 1.807) is 6.07 Å². The van der Waals surface area contributed by atoms with E-state index in [9.17, 15) is 9.59 Å². The van der Waals surface area contributed by atoms with Crippen molar-refractivity contribution < 1.29 is 28.9 Å². The number of rotatable bonds is 14. The predicted molar refractivity (Wildman–Crippen MR) is 125 cm³/mol. The number of aliphatic hydroxyl groups excluding tert-OH is 1. The van der Waals surface area contributed by atoms with Crippen LogP contribution in [0.15, 0.2) is 29.9 Å². The van der Waals surface area contributed by atoms with E-state index in [4.69, 9.17) is 19.3 Å². The number of hydrogen-bond acceptors (Lipinski definition) is 6. The molecular weight excluding hydrogens is 408 g/mol. The van der Waals surface area contributed by atoms with Crippen LogP contribution in [0.1, 0.15) is 91.2 Å². The Kier molecular flexibility index (Phi) is 10.6. The standard InChI is InChI=1S/C26H36O6/c1-18(2)11-14-22(32-16-10-8-6-5-7-9-15-27)19-17-23(30-3)24-20(28)12-13-21(29)25(24)26(19)31-4/h11-13,17,22,27H,5-10,14-16H2,1-4H3/t22-/m0/s1. The van der Waals surface area contributed by atoms with Gasteiger partial charge in [0, 0.05) is 18.8 Å². The fourth-order valence-corrected chi connectivity index (χ4v) is 3.85. The predicted octanol–water partition coefficient (Wildman–Crippen LogP) is 5.39. The number of aliphatic hydroxyl groups is 1. The Bertz CT molecular complexity index is 848. The zero-order valence-electron chi connectivity index (χ0n) is 19.7. The number of ketones is 2. The first-order valence-corrected chi connectivity index (χ1v) is 11.4. The molecule has 1 aliphatic carbocycles. The third kappa shape index (κ3) is 6.78. The summed E-state index contributed by atoms with van der Waals surface area (Å²) in [6.07, 6.45) is 11.0. The van der Waals surface area contributed by atoms with E-state index >= 15 is 0 Å². The molecule has 0 unspecified atom stereocenters. The zero-order valence-corrected chi connectivity index (χ0v) is 19.7. The van der Waals surface area contributed by atoms with Gasteiger partial charge in [-0.3, -0.25) is 9.59 Å². The molecule has 0 saturated heterocycles. The molecule has 1 atom stereocenters. The van der Waals surface area contributed by atoms with E-state index in [1.807, 2.05) is 13.8 Å². The molecule has 6 nitrogen and oxygen atoms in total. The van der Waals surface area contributed by atoms with Gasteiger partial charge in [-0.2, -0.15) is 0 Å². The van der Waals surface area contributed by atoms with E-state index in [2.05, 4.69) is 6.08 Å². The van der Waals surface area contributed by atoms with Crippen LogP contribution in [0.4, 0.5) is 0 Å². The van der Waals surface area contributed by atoms with Gasteiger partial charge in [0.25, 0.3) is 0 Å². The highest BCUT2D eigenvalue weighted by atomic mass is 16.5. The zero-order chi connectivity index (χ0) is 23.5. The molecule has 176 valence electrons. The Hall–Kier alpha value is -2.44. The lowest BCUT2D eigenvalue weighted by Crippen LogP contribution is -2.18. The summed E-state index contributed by atoms with van der Waals surface area (Å²) in [6.45, 7) is 4.89. The first-order chi connectivity index (χ1) is 15.4. The third-order valence-corrected chi connectivity index (χ3v) is 5.53. The maximum absolute atomic E-state index is 12.7. The highest BCUT2D eigenvalue weighted by molar-refractivity contribution is 6.24. The van der Waals surface area contributed by atoms with Crippen LogP contribution in [0.2, 0.25) is 0 Å². The van der Waals surface area contributed by atoms with Crippen molar-refractivity contribution in [3.63, 3.8) is 0 Å². The van der Waals surface area contributed by atoms with E-state index in [-0.39, 0.29) is 35.4 Å². The Morgan fingerprint density at radius 3 is 2.16 bits per heavy atom. The topological polar surface area (TPSA) is 82.1 Å². The van der Waals surface area contributed by atoms with E-state index in [0.717, 1.165) is 38.5 Å². The quantitative estimate of drug-likeness (QED) is 0.306. The minimum Gasteiger partial charge on any atom is -0.496 e. The van der Waals surface area contributed by atoms with Gasteiger partial charge >= 0.3 is 0 Å². The Morgan fingerprint density at radius 1 is 0.938 bits per heavy atom. The van der Waals surface area contributed by atoms with Crippen molar-refractivity contribution in [3.05, 3.63) is 46.6 Å². The first kappa shape index (κ1) is 25.8. The van der Waals surface area contributed by atoms with Crippen LogP contribution >= 0.6 is 0 Å². The summed E-state index contributed by atoms with van der Waals surface area (Å²) in [4.78, 5) is 25.2. The number of carbonyl (C=O) groups is 2. The van der Waals surface area contributed by atoms with Crippen molar-refractivity contribution in [2.45, 2.75) is 64.9 Å². The van der Waals surface area contributed by atoms with Gasteiger partial charge < -0.3 is 19.3 Å². The molecule has 0 spiro atoms. The number of benzene rings is 1. The Labute approximate surface area is 191 Å². The normalized spacial score (nSPS) is 13.7. The fourth-order valence-electron chi connectivity index (χ4n) is 3.85. The highest BCUT2D eigenvalue weighted by Gasteiger charge is 2.32. The number of unbranched alkanes of at least 4 members (excludes halogenated alkanes) is 5. The molecule has 1 aliphatic rings. The highest BCUT2D eigenvalue weighted by Crippen LogP contribution is 2.42. The minimum absolute atomic E-state index is 0.240. The summed E-state index contributed by atoms with van der Waals surface area (Å²) in [6, 6.07) is 1.76. The SMILES string of the molecule is COc1cc([C@H](CC=C(C)C)OCCCCCCCCO)c(OC)c2c1C(=O)C=CC2=O. The molecule has 0 saturated carbocycles. The molecule has 0 aliphatic heterocycles. The average molecular weight is 445 g/mol. The summed E-state index contributed by atoms with van der Waals surface area (Å²) in [5.41, 5.74) is 2.36. The number of allylic oxidation sites excluding steroid dienone is 3. The van der Waals surface area contributed by atoms with Crippen molar-refractivity contribution in [3.8, 4) is 11.5 Å². The van der Waals surface area contributed by atoms with Gasteiger partial charge in [-0.15, -0.1) is 0 Å². The Balaban J connectivity index is 2.27. The lowest BCUT2D eigenvalue weighted by Gasteiger charge is -2.25. The summed E-state index contributed by atoms with van der Waals surface area (Å²) in [5, 5.41) is 8.86. The summed E-state index contributed by atoms with van der Waals surface area (Å²) in [5.74, 6) is 0.178. The molecule has 6 heteroatoms. The Morgan fingerprint density at radius 2 is 1.56 bits per heavy atom. The van der Waals surface area contributed by atoms with Crippen LogP contribution in [0.5, 0.6) is 11.5 Å². The first-order valence-electron chi connectivity index (χ1n) is 11.4. The summed E-state index contributed by atoms with van der Waals surface area (Å²) >= 11 is 0. The molecule has 0 bridgehead atoms. The van der Waals surface area contributed by atoms with Gasteiger partial charge in [-0.25, -0.2) is 0 Å². The second kappa shape index (κ2) is 13.2. The number of methoxy groups -OCH3 is 2. The van der Waals surface area contributed by atoms with Gasteiger partial charge in [0.15, 0.2) is 11.6 Å². The van der Waals surface area contributed by atoms with Crippen LogP contribution in [0.25, 0.3) is 0 Å². The second-order valence-electron chi connectivity index (χ2n) is 8.23. The molecule has 0 radical (unpaired) electrons. The van der Waals surface area contributed by atoms with Crippen LogP contribution < -0.4 is 9.47 Å². The van der Waals surface area contributed by atoms with Crippen LogP contribution in [0, 0.1) is 0 Å². The van der Waals surface area contributed by atoms with Gasteiger partial charge in [-0.05, 0) is 51.3 Å². The van der Waals surface area contributed by atoms with Crippen LogP contribution in [-0.2, 0) is 4.74 Å². The summed E-state index contributed by atoms with van der Waals surface area (Å²) in [7, 11) is 3.00. The molecule has 0 fully saturated rings. The van der Waals surface area contributed by atoms with E-state index in [1.165, 1.54) is 31.9 Å². The molecular formula is C26H36O6. The van der Waals surface area contributed by atoms with Crippen molar-refractivity contribution in [2.75, 3.05) is 27.4 Å². The molecule has 1 aromatic carbocycles. The van der Waals surface area contributed by atoms with Gasteiger partial charge in [0.05, 0.1) is 31.5 Å². The minimum atomic E-state index is -0.331. The number of hydrogen-bond donors (Lipinski definition) is 1. The van der Waals surface area contributed by atoms with Gasteiger partial charge in [0.1, 0.15) is 11.5 Å². The average Bonchev–Trinajstić information content (AvgIpc) is 2.78. The molecule has 0 amide bonds. The fraction of sp³-hybridized carbons (Fsp3) is 0.538. The smallest absolute Gasteiger partial charge is 0.190 e. The maximum atomic E-state index is 12.7. The molecule has 0 aromatic heterocycles. The monoisotopic (exact) mass is 444 g/mol. The summed E-state index contributed by atoms with van der Waals surface area (Å²) < 4.78 is 17.4. The third-order valence-electron chi connectivity index (χ3n) is 5.53. The molecule has 32 heavy (non-hydrogen) atoms. The van der Waals surface area contributed by atoms with Gasteiger partial charge in [0.2, 0.25) is 0 Å². The van der Waals surface area contributed by atoms with Crippen molar-refractivity contribution in [2.24, 2.45) is 0 Å². The lowest BCUT2D eigenvalue weighted by molar-refractivity contribution is 0.0498. The lowest BCUT2D eigenvalue weighted by atomic mass is 9.88. The van der Waals surface area contributed by atoms with E-state index < -0.39 is 0 Å². The van der Waals surface area contributed by atoms with Crippen molar-refractivity contribution >= 4 is 11.6 Å². The molecule has 2 rings (SSSR count). The van der Waals surface area contributed by atoms with Crippen LogP contribution in [0.3, 0.4) is 0 Å².